The predicted octanol–water partition coefficient (Wildman–Crippen LogP) is -0.124. The quantitative estimate of drug-likeness (QED) is 0.737. The van der Waals surface area contributed by atoms with E-state index in [1.165, 1.54) is 64.2 Å². The molecule has 2 unspecified atom stereocenters. The zero-order chi connectivity index (χ0) is 15.9. The highest BCUT2D eigenvalue weighted by atomic mass is 35.5. The van der Waals surface area contributed by atoms with Crippen molar-refractivity contribution >= 4 is 6.09 Å². The lowest BCUT2D eigenvalue weighted by molar-refractivity contribution is -0.438. The molecular weight excluding hydrogens is 324 g/mol. The standard InChI is InChI=1S/C19H32N2O2.ClH/c20-17-4-2-1-3-16(17)5-6-23-18(22)21-19-10-13-7-14(11-19)9-15(8-13)12-19;/h13-17H,1-12,20H2,(H,21,22);1H. The maximum atomic E-state index is 12.3. The van der Waals surface area contributed by atoms with Gasteiger partial charge in [0.25, 0.3) is 0 Å². The molecule has 24 heavy (non-hydrogen) atoms. The summed E-state index contributed by atoms with van der Waals surface area (Å²) in [5.74, 6) is 3.22. The maximum Gasteiger partial charge on any atom is 0.407 e. The van der Waals surface area contributed by atoms with E-state index >= 15 is 0 Å². The fourth-order valence-corrected chi connectivity index (χ4v) is 6.48. The fourth-order valence-electron chi connectivity index (χ4n) is 6.48. The monoisotopic (exact) mass is 356 g/mol. The Bertz CT molecular complexity index is 421. The molecule has 0 saturated heterocycles. The summed E-state index contributed by atoms with van der Waals surface area (Å²) in [6.45, 7) is 0.564. The Balaban J connectivity index is 0.00000169. The number of quaternary nitrogens is 1. The Morgan fingerprint density at radius 1 is 1.04 bits per heavy atom. The van der Waals surface area contributed by atoms with Crippen LogP contribution >= 0.6 is 0 Å². The van der Waals surface area contributed by atoms with Crippen molar-refractivity contribution in [2.24, 2.45) is 23.7 Å². The molecule has 0 radical (unpaired) electrons. The van der Waals surface area contributed by atoms with Crippen LogP contribution < -0.4 is 23.5 Å². The van der Waals surface area contributed by atoms with Crippen molar-refractivity contribution in [3.8, 4) is 0 Å². The molecule has 4 N–H and O–H groups in total. The van der Waals surface area contributed by atoms with E-state index in [0.717, 1.165) is 24.2 Å². The van der Waals surface area contributed by atoms with Crippen LogP contribution in [0.15, 0.2) is 0 Å². The molecule has 4 bridgehead atoms. The molecule has 5 heteroatoms. The highest BCUT2D eigenvalue weighted by Crippen LogP contribution is 2.55. The molecule has 5 saturated carbocycles. The van der Waals surface area contributed by atoms with E-state index in [4.69, 9.17) is 4.74 Å². The molecular formula is C19H33ClN2O2. The van der Waals surface area contributed by atoms with Crippen LogP contribution in [0, 0.1) is 23.7 Å². The van der Waals surface area contributed by atoms with Gasteiger partial charge in [-0.3, -0.25) is 0 Å². The molecule has 5 rings (SSSR count). The summed E-state index contributed by atoms with van der Waals surface area (Å²) in [4.78, 5) is 12.3. The van der Waals surface area contributed by atoms with Crippen molar-refractivity contribution in [1.29, 1.82) is 0 Å². The normalized spacial score (nSPS) is 43.1. The van der Waals surface area contributed by atoms with Crippen LogP contribution in [-0.4, -0.2) is 24.3 Å². The molecule has 0 aromatic carbocycles. The van der Waals surface area contributed by atoms with E-state index in [1.807, 2.05) is 0 Å². The number of halogens is 1. The molecule has 0 heterocycles. The summed E-state index contributed by atoms with van der Waals surface area (Å²) in [6, 6.07) is 0.554. The minimum atomic E-state index is -0.164. The van der Waals surface area contributed by atoms with Gasteiger partial charge in [0, 0.05) is 11.5 Å². The number of rotatable bonds is 4. The third-order valence-corrected chi connectivity index (χ3v) is 7.19. The van der Waals surface area contributed by atoms with Crippen molar-refractivity contribution in [3.63, 3.8) is 0 Å². The SMILES string of the molecule is [Cl-].[NH3+]C1CCCCC1CCOC(=O)NC12CC3CC(CC(C3)C1)C2. The molecule has 4 nitrogen and oxygen atoms in total. The van der Waals surface area contributed by atoms with Gasteiger partial charge in [-0.1, -0.05) is 6.42 Å². The minimum Gasteiger partial charge on any atom is -1.00 e. The molecule has 1 amide bonds. The second kappa shape index (κ2) is 7.41. The van der Waals surface area contributed by atoms with Crippen molar-refractivity contribution in [3.05, 3.63) is 0 Å². The summed E-state index contributed by atoms with van der Waals surface area (Å²) < 4.78 is 5.55. The van der Waals surface area contributed by atoms with Gasteiger partial charge in [0.15, 0.2) is 0 Å². The molecule has 5 fully saturated rings. The molecule has 2 atom stereocenters. The summed E-state index contributed by atoms with van der Waals surface area (Å²) in [6.07, 6.45) is 13.7. The van der Waals surface area contributed by atoms with Crippen LogP contribution in [0.1, 0.15) is 70.6 Å². The predicted molar refractivity (Wildman–Crippen MR) is 88.6 cm³/mol. The first kappa shape index (κ1) is 18.3. The average Bonchev–Trinajstić information content (AvgIpc) is 2.47. The fraction of sp³-hybridized carbons (Fsp3) is 0.947. The first-order chi connectivity index (χ1) is 11.1. The van der Waals surface area contributed by atoms with E-state index in [0.29, 0.717) is 18.6 Å². The highest BCUT2D eigenvalue weighted by molar-refractivity contribution is 5.68. The average molecular weight is 357 g/mol. The van der Waals surface area contributed by atoms with E-state index in [9.17, 15) is 4.79 Å². The van der Waals surface area contributed by atoms with Crippen molar-refractivity contribution < 1.29 is 27.7 Å². The smallest absolute Gasteiger partial charge is 0.407 e. The number of amides is 1. The highest BCUT2D eigenvalue weighted by Gasteiger charge is 2.51. The van der Waals surface area contributed by atoms with Crippen LogP contribution in [0.5, 0.6) is 0 Å². The molecule has 0 aliphatic heterocycles. The second-order valence-corrected chi connectivity index (χ2v) is 9.05. The second-order valence-electron chi connectivity index (χ2n) is 9.05. The van der Waals surface area contributed by atoms with Crippen molar-refractivity contribution in [1.82, 2.24) is 5.32 Å². The number of nitrogens with one attached hydrogen (secondary N) is 1. The van der Waals surface area contributed by atoms with E-state index in [-0.39, 0.29) is 24.0 Å². The molecule has 5 aliphatic carbocycles. The summed E-state index contributed by atoms with van der Waals surface area (Å²) in [5.41, 5.74) is 4.34. The van der Waals surface area contributed by atoms with Gasteiger partial charge < -0.3 is 28.2 Å². The Morgan fingerprint density at radius 2 is 1.62 bits per heavy atom. The number of carbonyl (C=O) groups excluding carboxylic acids is 1. The first-order valence-corrected chi connectivity index (χ1v) is 9.90. The van der Waals surface area contributed by atoms with Crippen LogP contribution in [0.2, 0.25) is 0 Å². The number of alkyl carbamates (subject to hydrolysis) is 1. The maximum absolute atomic E-state index is 12.3. The van der Waals surface area contributed by atoms with Crippen LogP contribution in [-0.2, 0) is 4.74 Å². The Morgan fingerprint density at radius 3 is 2.21 bits per heavy atom. The van der Waals surface area contributed by atoms with Gasteiger partial charge >= 0.3 is 6.09 Å². The van der Waals surface area contributed by atoms with E-state index in [2.05, 4.69) is 11.1 Å². The lowest BCUT2D eigenvalue weighted by Crippen LogP contribution is -3.00. The number of hydrogen-bond donors (Lipinski definition) is 2. The zero-order valence-corrected chi connectivity index (χ0v) is 15.5. The van der Waals surface area contributed by atoms with Crippen LogP contribution in [0.4, 0.5) is 4.79 Å². The zero-order valence-electron chi connectivity index (χ0n) is 14.8. The van der Waals surface area contributed by atoms with E-state index < -0.39 is 0 Å². The molecule has 138 valence electrons. The van der Waals surface area contributed by atoms with Gasteiger partial charge in [-0.15, -0.1) is 0 Å². The Labute approximate surface area is 152 Å². The number of ether oxygens (including phenoxy) is 1. The summed E-state index contributed by atoms with van der Waals surface area (Å²) in [5, 5.41) is 3.30. The Kier molecular flexibility index (Phi) is 5.65. The number of carbonyl (C=O) groups is 1. The van der Waals surface area contributed by atoms with Crippen molar-refractivity contribution in [2.75, 3.05) is 6.61 Å². The van der Waals surface area contributed by atoms with E-state index in [1.54, 1.807) is 0 Å². The molecule has 0 aromatic rings. The third kappa shape index (κ3) is 3.85. The van der Waals surface area contributed by atoms with Gasteiger partial charge in [0.1, 0.15) is 0 Å². The largest absolute Gasteiger partial charge is 1.00 e. The summed E-state index contributed by atoms with van der Waals surface area (Å²) in [7, 11) is 0. The third-order valence-electron chi connectivity index (χ3n) is 7.19. The van der Waals surface area contributed by atoms with Gasteiger partial charge in [-0.25, -0.2) is 4.79 Å². The lowest BCUT2D eigenvalue weighted by Gasteiger charge is -2.56. The van der Waals surface area contributed by atoms with Crippen LogP contribution in [0.25, 0.3) is 0 Å². The lowest BCUT2D eigenvalue weighted by atomic mass is 9.53. The molecule has 5 aliphatic rings. The number of hydrogen-bond acceptors (Lipinski definition) is 2. The van der Waals surface area contributed by atoms with Gasteiger partial charge in [0.05, 0.1) is 12.6 Å². The first-order valence-electron chi connectivity index (χ1n) is 9.90. The molecule has 0 spiro atoms. The Hall–Kier alpha value is -0.480. The van der Waals surface area contributed by atoms with Crippen LogP contribution in [0.3, 0.4) is 0 Å². The van der Waals surface area contributed by atoms with Gasteiger partial charge in [-0.2, -0.15) is 0 Å². The van der Waals surface area contributed by atoms with Gasteiger partial charge in [0.2, 0.25) is 0 Å². The van der Waals surface area contributed by atoms with Gasteiger partial charge in [-0.05, 0) is 82.0 Å². The minimum absolute atomic E-state index is 0. The topological polar surface area (TPSA) is 66.0 Å². The summed E-state index contributed by atoms with van der Waals surface area (Å²) >= 11 is 0. The van der Waals surface area contributed by atoms with Crippen molar-refractivity contribution in [2.45, 2.75) is 82.2 Å². The molecule has 0 aromatic heterocycles.